The Labute approximate surface area is 630 Å². The molecule has 0 spiro atoms. The van der Waals surface area contributed by atoms with Gasteiger partial charge in [-0.05, 0) is 147 Å². The Morgan fingerprint density at radius 2 is 0.809 bits per heavy atom. The molecule has 6 aromatic carbocycles. The maximum absolute atomic E-state index is 13.5. The Bertz CT molecular complexity index is 6900. The van der Waals surface area contributed by atoms with Crippen molar-refractivity contribution in [1.82, 2.24) is 47.8 Å². The first-order valence-corrected chi connectivity index (χ1v) is 37.8. The number of pyridine rings is 5. The summed E-state index contributed by atoms with van der Waals surface area (Å²) in [6.07, 6.45) is 13.5. The van der Waals surface area contributed by atoms with Crippen LogP contribution < -0.4 is 0 Å². The molecule has 14 heterocycles. The number of rotatable bonds is 12. The molecule has 110 heavy (non-hydrogen) atoms. The maximum Gasteiger partial charge on any atom is 0.356 e. The van der Waals surface area contributed by atoms with Crippen molar-refractivity contribution in [3.63, 3.8) is 0 Å². The molecule has 20 aromatic rings. The van der Waals surface area contributed by atoms with Crippen molar-refractivity contribution in [3.8, 4) is 45.3 Å². The van der Waals surface area contributed by atoms with Gasteiger partial charge in [0.2, 0.25) is 0 Å². The second-order valence-corrected chi connectivity index (χ2v) is 28.7. The van der Waals surface area contributed by atoms with Crippen molar-refractivity contribution in [1.29, 1.82) is 0 Å². The molecule has 14 aromatic heterocycles. The van der Waals surface area contributed by atoms with Gasteiger partial charge >= 0.3 is 11.9 Å². The molecule has 0 saturated heterocycles. The molecular formula is C85H61ClN10O12S2. The molecule has 0 amide bonds. The molecule has 0 bridgehead atoms. The van der Waals surface area contributed by atoms with E-state index in [4.69, 9.17) is 38.7 Å². The Hall–Kier alpha value is -13.9. The van der Waals surface area contributed by atoms with Crippen LogP contribution in [0.5, 0.6) is 0 Å². The first kappa shape index (κ1) is 70.4. The van der Waals surface area contributed by atoms with Crippen molar-refractivity contribution < 1.29 is 53.6 Å². The molecule has 25 heteroatoms. The molecule has 20 rings (SSSR count). The average molecular weight is 1510 g/mol. The van der Waals surface area contributed by atoms with Crippen molar-refractivity contribution in [2.24, 2.45) is 0 Å². The van der Waals surface area contributed by atoms with E-state index < -0.39 is 26.0 Å². The maximum atomic E-state index is 13.5. The van der Waals surface area contributed by atoms with Crippen LogP contribution in [0.25, 0.3) is 144 Å². The highest BCUT2D eigenvalue weighted by molar-refractivity contribution is 7.90. The van der Waals surface area contributed by atoms with Crippen LogP contribution in [0, 0.1) is 0 Å². The van der Waals surface area contributed by atoms with Gasteiger partial charge in [0, 0.05) is 120 Å². The minimum Gasteiger partial charge on any atom is -0.461 e. The number of carbonyl (C=O) groups is 2. The molecule has 0 aliphatic heterocycles. The number of esters is 2. The quantitative estimate of drug-likeness (QED) is 0.0958. The van der Waals surface area contributed by atoms with E-state index >= 15 is 0 Å². The Morgan fingerprint density at radius 3 is 1.31 bits per heavy atom. The number of para-hydroxylation sites is 4. The van der Waals surface area contributed by atoms with Crippen molar-refractivity contribution in [2.45, 2.75) is 23.6 Å². The highest BCUT2D eigenvalue weighted by Gasteiger charge is 2.30. The first-order valence-electron chi connectivity index (χ1n) is 34.6. The lowest BCUT2D eigenvalue weighted by Gasteiger charge is -2.11. The monoisotopic (exact) mass is 1510 g/mol. The SMILES string of the molecule is CCOC(=O)c1cc2c(-c3cc4ccccc4o3)ccnc2[nH]1.CCOC(=O)c1cc2c(-c3cc4ccccc4o3)ccnc2n1S(=O)(=O)c1ccccc1.Clc1ccnc2[nH]ccc12.O=S(=O)(c1ccccc1)n1ccc2c(-c3cc4ccccc4o3)ccnc21.c1ccc2oc(-c3ccnc4[nH]ccc34)cc2c1. The normalized spacial score (nSPS) is 11.5. The number of aromatic amines is 3. The number of H-pyrrole nitrogens is 3. The van der Waals surface area contributed by atoms with E-state index in [1.54, 1.807) is 111 Å². The van der Waals surface area contributed by atoms with Gasteiger partial charge in [0.05, 0.1) is 28.0 Å². The van der Waals surface area contributed by atoms with Gasteiger partial charge in [-0.2, -0.15) is 0 Å². The minimum absolute atomic E-state index is 0.0407. The third-order valence-electron chi connectivity index (χ3n) is 17.9. The van der Waals surface area contributed by atoms with Gasteiger partial charge in [0.25, 0.3) is 20.0 Å². The number of hydrogen-bond donors (Lipinski definition) is 3. The van der Waals surface area contributed by atoms with Gasteiger partial charge in [-0.15, -0.1) is 0 Å². The van der Waals surface area contributed by atoms with E-state index in [1.165, 1.54) is 34.6 Å². The second kappa shape index (κ2) is 30.1. The fourth-order valence-corrected chi connectivity index (χ4v) is 15.8. The number of ether oxygens (including phenoxy) is 2. The van der Waals surface area contributed by atoms with E-state index in [2.05, 4.69) is 52.0 Å². The lowest BCUT2D eigenvalue weighted by Crippen LogP contribution is -2.20. The summed E-state index contributed by atoms with van der Waals surface area (Å²) >= 11 is 5.84. The lowest BCUT2D eigenvalue weighted by molar-refractivity contribution is 0.0510. The number of furan rings is 4. The van der Waals surface area contributed by atoms with Crippen LogP contribution in [0.1, 0.15) is 34.8 Å². The third-order valence-corrected chi connectivity index (χ3v) is 21.7. The summed E-state index contributed by atoms with van der Waals surface area (Å²) in [6.45, 7) is 3.88. The number of aromatic nitrogens is 10. The molecule has 542 valence electrons. The second-order valence-electron chi connectivity index (χ2n) is 24.7. The van der Waals surface area contributed by atoms with E-state index in [1.807, 2.05) is 152 Å². The molecule has 0 aliphatic carbocycles. The fourth-order valence-electron chi connectivity index (χ4n) is 12.8. The molecule has 0 unspecified atom stereocenters. The van der Waals surface area contributed by atoms with Crippen molar-refractivity contribution >= 4 is 143 Å². The highest BCUT2D eigenvalue weighted by atomic mass is 35.5. The van der Waals surface area contributed by atoms with Gasteiger partial charge < -0.3 is 42.1 Å². The van der Waals surface area contributed by atoms with Gasteiger partial charge in [-0.1, -0.05) is 121 Å². The highest BCUT2D eigenvalue weighted by Crippen LogP contribution is 2.39. The number of nitrogens with zero attached hydrogens (tertiary/aromatic N) is 7. The third kappa shape index (κ3) is 13.8. The summed E-state index contributed by atoms with van der Waals surface area (Å²) in [5, 5.41) is 8.87. The van der Waals surface area contributed by atoms with E-state index in [0.717, 1.165) is 108 Å². The summed E-state index contributed by atoms with van der Waals surface area (Å²) in [6, 6.07) is 73.4. The van der Waals surface area contributed by atoms with Crippen LogP contribution in [0.4, 0.5) is 0 Å². The van der Waals surface area contributed by atoms with Gasteiger partial charge in [-0.25, -0.2) is 59.3 Å². The zero-order valence-corrected chi connectivity index (χ0v) is 60.7. The van der Waals surface area contributed by atoms with E-state index in [-0.39, 0.29) is 33.7 Å². The van der Waals surface area contributed by atoms with Gasteiger partial charge in [0.1, 0.15) is 73.7 Å². The Kier molecular flexibility index (Phi) is 19.3. The van der Waals surface area contributed by atoms with Crippen molar-refractivity contribution in [2.75, 3.05) is 13.2 Å². The van der Waals surface area contributed by atoms with Crippen LogP contribution in [0.2, 0.25) is 5.02 Å². The van der Waals surface area contributed by atoms with E-state index in [9.17, 15) is 26.4 Å². The average Bonchev–Trinajstić information content (AvgIpc) is 1.56. The Balaban J connectivity index is 0.000000108. The predicted octanol–water partition coefficient (Wildman–Crippen LogP) is 19.9. The zero-order valence-electron chi connectivity index (χ0n) is 58.4. The topological polar surface area (TPSA) is 295 Å². The molecule has 0 aliphatic rings. The summed E-state index contributed by atoms with van der Waals surface area (Å²) in [5.41, 5.74) is 9.72. The predicted molar refractivity (Wildman–Crippen MR) is 424 cm³/mol. The molecule has 0 radical (unpaired) electrons. The molecule has 0 saturated carbocycles. The molecule has 3 N–H and O–H groups in total. The number of carbonyl (C=O) groups excluding carboxylic acids is 2. The van der Waals surface area contributed by atoms with Crippen molar-refractivity contribution in [3.05, 3.63) is 309 Å². The molecular weight excluding hydrogens is 1450 g/mol. The van der Waals surface area contributed by atoms with Crippen LogP contribution in [0.15, 0.2) is 320 Å². The van der Waals surface area contributed by atoms with Crippen LogP contribution in [0.3, 0.4) is 0 Å². The number of hydrogen-bond acceptors (Lipinski definition) is 17. The fraction of sp³-hybridized carbons (Fsp3) is 0.0471. The number of fused-ring (bicyclic) bond motifs is 9. The summed E-state index contributed by atoms with van der Waals surface area (Å²) in [7, 11) is -7.84. The lowest BCUT2D eigenvalue weighted by atomic mass is 10.1. The van der Waals surface area contributed by atoms with Crippen LogP contribution in [-0.2, 0) is 29.5 Å². The molecule has 22 nitrogen and oxygen atoms in total. The zero-order chi connectivity index (χ0) is 75.5. The number of halogens is 1. The number of benzene rings is 6. The van der Waals surface area contributed by atoms with E-state index in [0.29, 0.717) is 51.6 Å². The minimum atomic E-state index is -4.12. The number of nitrogens with one attached hydrogen (secondary N) is 3. The van der Waals surface area contributed by atoms with Crippen LogP contribution >= 0.6 is 11.6 Å². The van der Waals surface area contributed by atoms with Gasteiger partial charge in [-0.3, -0.25) is 0 Å². The standard InChI is InChI=1S/C24H18N2O5S.C21H14N2O3S.C18H14N2O3.C15H10N2O.C7H5ClN2/c1-2-30-24(27)20-15-19-18(22-14-16-8-6-7-11-21(16)31-22)12-13-25-23(19)26(20)32(28,29)17-9-4-3-5-10-17;24-27(25,16-7-2-1-3-8-16)23-13-11-18-17(10-12-22-21(18)23)20-14-15-6-4-5-9-19(15)26-20;1-2-22-18(21)14-10-13-12(7-8-19-17(13)20-14)16-9-11-5-3-4-6-15(11)23-16;1-2-4-13-10(3-1)9-14(18-13)11-5-7-16-15-12(11)6-8-17-15;8-6-2-4-10-7-5(6)1-3-9-7/h3-15H,2H2,1H3;1-14H;3-10H,2H2,1H3,(H,19,20);1-9H,(H,16,17);1-4H,(H,9,10). The largest absolute Gasteiger partial charge is 0.461 e. The Morgan fingerprint density at radius 1 is 0.400 bits per heavy atom. The molecule has 0 fully saturated rings. The molecule has 0 atom stereocenters. The summed E-state index contributed by atoms with van der Waals surface area (Å²) < 4.78 is 89.1. The van der Waals surface area contributed by atoms with Gasteiger partial charge in [0.15, 0.2) is 11.3 Å². The van der Waals surface area contributed by atoms with Crippen LogP contribution in [-0.4, -0.2) is 89.8 Å². The summed E-state index contributed by atoms with van der Waals surface area (Å²) in [4.78, 5) is 55.2. The summed E-state index contributed by atoms with van der Waals surface area (Å²) in [5.74, 6) is 1.71. The first-order chi connectivity index (χ1) is 53.7. The smallest absolute Gasteiger partial charge is 0.356 e.